The van der Waals surface area contributed by atoms with Crippen LogP contribution in [0.3, 0.4) is 0 Å². The number of anilines is 1. The Balaban J connectivity index is 1.88. The molecule has 0 fully saturated rings. The van der Waals surface area contributed by atoms with Crippen molar-refractivity contribution >= 4 is 46.4 Å². The third kappa shape index (κ3) is 4.85. The summed E-state index contributed by atoms with van der Waals surface area (Å²) in [4.78, 5) is 14.0. The van der Waals surface area contributed by atoms with Gasteiger partial charge in [-0.1, -0.05) is 53.0 Å². The van der Waals surface area contributed by atoms with E-state index in [9.17, 15) is 4.79 Å². The van der Waals surface area contributed by atoms with Crippen LogP contribution in [0.2, 0.25) is 15.1 Å². The van der Waals surface area contributed by atoms with Gasteiger partial charge in [-0.3, -0.25) is 4.79 Å². The van der Waals surface area contributed by atoms with Crippen LogP contribution in [0.1, 0.15) is 11.1 Å². The molecule has 0 aliphatic heterocycles. The zero-order chi connectivity index (χ0) is 21.8. The molecular weight excluding hydrogens is 450 g/mol. The number of hydrogen-bond acceptors (Lipinski definition) is 3. The maximum atomic E-state index is 15.1. The second-order valence-corrected chi connectivity index (χ2v) is 7.57. The first-order valence-corrected chi connectivity index (χ1v) is 9.80. The Kier molecular flexibility index (Phi) is 6.84. The summed E-state index contributed by atoms with van der Waals surface area (Å²) < 4.78 is 20.7. The van der Waals surface area contributed by atoms with Crippen LogP contribution < -0.4 is 9.64 Å². The molecule has 1 amide bonds. The predicted molar refractivity (Wildman–Crippen MR) is 116 cm³/mol. The number of carbonyl (C=O) groups is 1. The molecule has 0 unspecified atom stereocenters. The summed E-state index contributed by atoms with van der Waals surface area (Å²) in [5.74, 6) is -1.25. The van der Waals surface area contributed by atoms with Gasteiger partial charge in [-0.15, -0.1) is 0 Å². The number of para-hydroxylation sites is 1. The van der Waals surface area contributed by atoms with Gasteiger partial charge in [0.1, 0.15) is 5.75 Å². The summed E-state index contributed by atoms with van der Waals surface area (Å²) in [6.45, 7) is 0. The summed E-state index contributed by atoms with van der Waals surface area (Å²) in [5, 5.41) is 9.73. The van der Waals surface area contributed by atoms with E-state index in [1.807, 2.05) is 6.07 Å². The second-order valence-electron chi connectivity index (χ2n) is 6.32. The number of rotatable bonds is 5. The van der Waals surface area contributed by atoms with E-state index in [-0.39, 0.29) is 45.0 Å². The van der Waals surface area contributed by atoms with Crippen molar-refractivity contribution in [2.24, 2.45) is 0 Å². The Morgan fingerprint density at radius 3 is 2.53 bits per heavy atom. The van der Waals surface area contributed by atoms with Crippen LogP contribution in [0, 0.1) is 17.1 Å². The molecule has 0 aliphatic carbocycles. The number of hydrogen-bond donors (Lipinski definition) is 0. The molecule has 3 aromatic rings. The summed E-state index contributed by atoms with van der Waals surface area (Å²) in [6, 6.07) is 15.9. The van der Waals surface area contributed by atoms with Crippen molar-refractivity contribution in [2.75, 3.05) is 11.9 Å². The van der Waals surface area contributed by atoms with Crippen molar-refractivity contribution in [1.82, 2.24) is 0 Å². The van der Waals surface area contributed by atoms with Gasteiger partial charge in [0.15, 0.2) is 11.6 Å². The molecule has 3 rings (SSSR count). The van der Waals surface area contributed by atoms with Crippen LogP contribution in [0.25, 0.3) is 0 Å². The molecule has 0 atom stereocenters. The lowest BCUT2D eigenvalue weighted by Crippen LogP contribution is -2.28. The Bertz CT molecular complexity index is 1160. The predicted octanol–water partition coefficient (Wildman–Crippen LogP) is 6.66. The molecule has 0 saturated carbocycles. The number of halogens is 4. The van der Waals surface area contributed by atoms with Crippen LogP contribution >= 0.6 is 34.8 Å². The monoisotopic (exact) mass is 462 g/mol. The molecule has 30 heavy (non-hydrogen) atoms. The molecular formula is C22H14Cl3FN2O2. The van der Waals surface area contributed by atoms with Gasteiger partial charge in [-0.2, -0.15) is 5.26 Å². The second kappa shape index (κ2) is 9.36. The number of likely N-dealkylation sites (N-methyl/N-ethyl adjacent to an activating group) is 1. The third-order valence-electron chi connectivity index (χ3n) is 4.28. The standard InChI is InChI=1S/C22H14Cl3FN2O2/c1-28(19-5-3-2-4-17(19)24)20(29)10-14-6-7-18(25)22(21(14)26)30-16-9-13(12-27)8-15(23)11-16/h2-9,11H,10H2,1H3. The number of amides is 1. The zero-order valence-corrected chi connectivity index (χ0v) is 17.9. The minimum absolute atomic E-state index is 0.0154. The molecule has 0 aromatic heterocycles. The highest BCUT2D eigenvalue weighted by Gasteiger charge is 2.20. The highest BCUT2D eigenvalue weighted by molar-refractivity contribution is 6.34. The van der Waals surface area contributed by atoms with E-state index in [1.165, 1.54) is 35.2 Å². The van der Waals surface area contributed by atoms with E-state index in [2.05, 4.69) is 0 Å². The SMILES string of the molecule is CN(C(=O)Cc1ccc(Cl)c(Oc2cc(Cl)cc(C#N)c2)c1F)c1ccccc1Cl. The van der Waals surface area contributed by atoms with E-state index in [4.69, 9.17) is 44.8 Å². The first-order valence-electron chi connectivity index (χ1n) is 8.66. The maximum absolute atomic E-state index is 15.1. The fourth-order valence-electron chi connectivity index (χ4n) is 2.75. The molecule has 0 N–H and O–H groups in total. The fourth-order valence-corrected chi connectivity index (χ4v) is 3.42. The Labute approximate surface area is 188 Å². The minimum Gasteiger partial charge on any atom is -0.453 e. The van der Waals surface area contributed by atoms with Gasteiger partial charge in [-0.05, 0) is 36.4 Å². The minimum atomic E-state index is -0.776. The van der Waals surface area contributed by atoms with E-state index in [1.54, 1.807) is 31.3 Å². The Hall–Kier alpha value is -2.78. The topological polar surface area (TPSA) is 53.3 Å². The van der Waals surface area contributed by atoms with Crippen molar-refractivity contribution in [1.29, 1.82) is 5.26 Å². The average Bonchev–Trinajstić information content (AvgIpc) is 2.72. The van der Waals surface area contributed by atoms with E-state index < -0.39 is 5.82 Å². The average molecular weight is 464 g/mol. The molecule has 0 radical (unpaired) electrons. The van der Waals surface area contributed by atoms with Crippen LogP contribution in [0.4, 0.5) is 10.1 Å². The first kappa shape index (κ1) is 21.9. The van der Waals surface area contributed by atoms with Crippen LogP contribution in [-0.2, 0) is 11.2 Å². The number of nitriles is 1. The number of ether oxygens (including phenoxy) is 1. The van der Waals surface area contributed by atoms with Crippen molar-refractivity contribution < 1.29 is 13.9 Å². The highest BCUT2D eigenvalue weighted by atomic mass is 35.5. The van der Waals surface area contributed by atoms with Gasteiger partial charge < -0.3 is 9.64 Å². The van der Waals surface area contributed by atoms with Gasteiger partial charge in [0.2, 0.25) is 5.91 Å². The first-order chi connectivity index (χ1) is 14.3. The van der Waals surface area contributed by atoms with Crippen LogP contribution in [0.5, 0.6) is 11.5 Å². The lowest BCUT2D eigenvalue weighted by atomic mass is 10.1. The molecule has 0 aliphatic rings. The van der Waals surface area contributed by atoms with Gasteiger partial charge in [0.05, 0.1) is 33.8 Å². The summed E-state index contributed by atoms with van der Waals surface area (Å²) in [6.07, 6.45) is -0.236. The van der Waals surface area contributed by atoms with Crippen molar-refractivity contribution in [3.63, 3.8) is 0 Å². The van der Waals surface area contributed by atoms with Gasteiger partial charge in [-0.25, -0.2) is 4.39 Å². The Morgan fingerprint density at radius 2 is 1.83 bits per heavy atom. The summed E-state index contributed by atoms with van der Waals surface area (Å²) >= 11 is 18.2. The third-order valence-corrected chi connectivity index (χ3v) is 5.11. The molecule has 3 aromatic carbocycles. The fraction of sp³-hybridized carbons (Fsp3) is 0.0909. The van der Waals surface area contributed by atoms with Gasteiger partial charge in [0, 0.05) is 17.6 Å². The van der Waals surface area contributed by atoms with Gasteiger partial charge >= 0.3 is 0 Å². The van der Waals surface area contributed by atoms with Crippen LogP contribution in [0.15, 0.2) is 54.6 Å². The normalized spacial score (nSPS) is 10.4. The summed E-state index contributed by atoms with van der Waals surface area (Å²) in [7, 11) is 1.56. The number of carbonyl (C=O) groups excluding carboxylic acids is 1. The molecule has 0 spiro atoms. The van der Waals surface area contributed by atoms with E-state index >= 15 is 4.39 Å². The number of benzene rings is 3. The molecule has 8 heteroatoms. The largest absolute Gasteiger partial charge is 0.453 e. The van der Waals surface area contributed by atoms with Crippen molar-refractivity contribution in [3.8, 4) is 17.6 Å². The molecule has 0 bridgehead atoms. The quantitative estimate of drug-likeness (QED) is 0.425. The number of nitrogens with zero attached hydrogens (tertiary/aromatic N) is 2. The highest BCUT2D eigenvalue weighted by Crippen LogP contribution is 2.35. The Morgan fingerprint density at radius 1 is 1.10 bits per heavy atom. The van der Waals surface area contributed by atoms with E-state index in [0.29, 0.717) is 10.7 Å². The molecule has 0 heterocycles. The zero-order valence-electron chi connectivity index (χ0n) is 15.6. The van der Waals surface area contributed by atoms with Crippen LogP contribution in [-0.4, -0.2) is 13.0 Å². The maximum Gasteiger partial charge on any atom is 0.231 e. The summed E-state index contributed by atoms with van der Waals surface area (Å²) in [5.41, 5.74) is 0.862. The van der Waals surface area contributed by atoms with Crippen molar-refractivity contribution in [2.45, 2.75) is 6.42 Å². The smallest absolute Gasteiger partial charge is 0.231 e. The molecule has 0 saturated heterocycles. The molecule has 152 valence electrons. The van der Waals surface area contributed by atoms with Crippen molar-refractivity contribution in [3.05, 3.63) is 86.6 Å². The van der Waals surface area contributed by atoms with Gasteiger partial charge in [0.25, 0.3) is 0 Å². The molecule has 4 nitrogen and oxygen atoms in total. The lowest BCUT2D eigenvalue weighted by Gasteiger charge is -2.19. The lowest BCUT2D eigenvalue weighted by molar-refractivity contribution is -0.117. The van der Waals surface area contributed by atoms with E-state index in [0.717, 1.165) is 0 Å².